The van der Waals surface area contributed by atoms with Gasteiger partial charge in [-0.1, -0.05) is 12.8 Å². The first-order valence-corrected chi connectivity index (χ1v) is 7.90. The third kappa shape index (κ3) is 3.00. The molecule has 1 saturated carbocycles. The summed E-state index contributed by atoms with van der Waals surface area (Å²) in [6.07, 6.45) is 8.90. The molecule has 0 radical (unpaired) electrons. The predicted molar refractivity (Wildman–Crippen MR) is 80.8 cm³/mol. The maximum absolute atomic E-state index is 4.43. The summed E-state index contributed by atoms with van der Waals surface area (Å²) in [7, 11) is 0. The second kappa shape index (κ2) is 6.39. The molecule has 0 spiro atoms. The lowest BCUT2D eigenvalue weighted by molar-refractivity contribution is 0.243. The first kappa shape index (κ1) is 14.3. The van der Waals surface area contributed by atoms with Crippen LogP contribution in [-0.2, 0) is 13.1 Å². The Balaban J connectivity index is 1.67. The van der Waals surface area contributed by atoms with Gasteiger partial charge in [0, 0.05) is 25.0 Å². The molecule has 2 aromatic heterocycles. The van der Waals surface area contributed by atoms with E-state index in [4.69, 9.17) is 0 Å². The van der Waals surface area contributed by atoms with E-state index in [1.54, 1.807) is 0 Å². The fourth-order valence-electron chi connectivity index (χ4n) is 3.33. The van der Waals surface area contributed by atoms with Gasteiger partial charge in [0.1, 0.15) is 11.6 Å². The minimum Gasteiger partial charge on any atom is -0.314 e. The lowest BCUT2D eigenvalue weighted by Crippen LogP contribution is -2.40. The third-order valence-electron chi connectivity index (χ3n) is 4.45. The molecule has 114 valence electrons. The topological polar surface area (TPSA) is 60.6 Å². The average molecular weight is 288 g/mol. The smallest absolute Gasteiger partial charge is 0.146 e. The van der Waals surface area contributed by atoms with Crippen molar-refractivity contribution in [1.29, 1.82) is 0 Å². The van der Waals surface area contributed by atoms with Crippen molar-refractivity contribution in [1.82, 2.24) is 29.9 Å². The zero-order valence-corrected chi connectivity index (χ0v) is 12.9. The second-order valence-electron chi connectivity index (χ2n) is 5.73. The minimum absolute atomic E-state index is 0.452. The van der Waals surface area contributed by atoms with Gasteiger partial charge >= 0.3 is 0 Å². The lowest BCUT2D eigenvalue weighted by atomic mass is 9.90. The highest BCUT2D eigenvalue weighted by Crippen LogP contribution is 2.28. The van der Waals surface area contributed by atoms with Crippen LogP contribution < -0.4 is 5.32 Å². The van der Waals surface area contributed by atoms with E-state index in [2.05, 4.69) is 43.0 Å². The number of rotatable bonds is 5. The van der Waals surface area contributed by atoms with E-state index in [0.29, 0.717) is 12.1 Å². The maximum Gasteiger partial charge on any atom is 0.146 e. The fraction of sp³-hybridized carbons (Fsp3) is 0.667. The van der Waals surface area contributed by atoms with Crippen molar-refractivity contribution in [2.45, 2.75) is 64.7 Å². The van der Waals surface area contributed by atoms with Crippen molar-refractivity contribution in [3.05, 3.63) is 30.1 Å². The molecule has 2 atom stereocenters. The molecule has 0 saturated heterocycles. The van der Waals surface area contributed by atoms with E-state index in [1.807, 2.05) is 19.2 Å². The van der Waals surface area contributed by atoms with Gasteiger partial charge in [0.2, 0.25) is 0 Å². The zero-order valence-electron chi connectivity index (χ0n) is 12.9. The first-order chi connectivity index (χ1) is 10.3. The molecule has 1 aliphatic rings. The number of aromatic nitrogens is 5. The number of nitrogens with one attached hydrogen (secondary N) is 1. The Morgan fingerprint density at radius 3 is 2.90 bits per heavy atom. The van der Waals surface area contributed by atoms with Gasteiger partial charge in [0.25, 0.3) is 0 Å². The maximum atomic E-state index is 4.43. The molecule has 2 heterocycles. The van der Waals surface area contributed by atoms with Gasteiger partial charge in [0.15, 0.2) is 0 Å². The van der Waals surface area contributed by atoms with Crippen molar-refractivity contribution in [3.8, 4) is 0 Å². The van der Waals surface area contributed by atoms with Crippen LogP contribution >= 0.6 is 0 Å². The Kier molecular flexibility index (Phi) is 4.34. The SMILES string of the molecule is CCn1c(C)nnc1CN[C@@H]1CCCC[C@H]1n1cccn1. The van der Waals surface area contributed by atoms with Crippen molar-refractivity contribution in [2.75, 3.05) is 0 Å². The van der Waals surface area contributed by atoms with Crippen LogP contribution in [0.4, 0.5) is 0 Å². The fourth-order valence-corrected chi connectivity index (χ4v) is 3.33. The molecular formula is C15H24N6. The summed E-state index contributed by atoms with van der Waals surface area (Å²) in [6.45, 7) is 5.83. The summed E-state index contributed by atoms with van der Waals surface area (Å²) in [4.78, 5) is 0. The van der Waals surface area contributed by atoms with Gasteiger partial charge in [-0.15, -0.1) is 10.2 Å². The van der Waals surface area contributed by atoms with E-state index in [1.165, 1.54) is 25.7 Å². The molecule has 3 rings (SSSR count). The average Bonchev–Trinajstić information content (AvgIpc) is 3.15. The minimum atomic E-state index is 0.452. The molecule has 0 amide bonds. The highest BCUT2D eigenvalue weighted by atomic mass is 15.3. The number of hydrogen-bond donors (Lipinski definition) is 1. The number of hydrogen-bond acceptors (Lipinski definition) is 4. The van der Waals surface area contributed by atoms with Gasteiger partial charge in [-0.05, 0) is 32.8 Å². The van der Waals surface area contributed by atoms with Crippen molar-refractivity contribution < 1.29 is 0 Å². The van der Waals surface area contributed by atoms with Crippen LogP contribution in [0.3, 0.4) is 0 Å². The summed E-state index contributed by atoms with van der Waals surface area (Å²) in [5.41, 5.74) is 0. The standard InChI is InChI=1S/C15H24N6/c1-3-20-12(2)18-19-15(20)11-16-13-7-4-5-8-14(13)21-10-6-9-17-21/h6,9-10,13-14,16H,3-5,7-8,11H2,1-2H3/t13-,14-/m1/s1. The molecule has 6 heteroatoms. The van der Waals surface area contributed by atoms with Crippen LogP contribution in [-0.4, -0.2) is 30.6 Å². The summed E-state index contributed by atoms with van der Waals surface area (Å²) in [6, 6.07) is 2.91. The normalized spacial score (nSPS) is 22.6. The van der Waals surface area contributed by atoms with E-state index in [-0.39, 0.29) is 0 Å². The molecule has 1 aliphatic carbocycles. The predicted octanol–water partition coefficient (Wildman–Crippen LogP) is 2.08. The van der Waals surface area contributed by atoms with E-state index in [0.717, 1.165) is 24.7 Å². The molecular weight excluding hydrogens is 264 g/mol. The van der Waals surface area contributed by atoms with E-state index >= 15 is 0 Å². The third-order valence-corrected chi connectivity index (χ3v) is 4.45. The van der Waals surface area contributed by atoms with Gasteiger partial charge in [-0.3, -0.25) is 4.68 Å². The summed E-state index contributed by atoms with van der Waals surface area (Å²) in [5, 5.41) is 16.6. The Labute approximate surface area is 125 Å². The Bertz CT molecular complexity index is 559. The van der Waals surface area contributed by atoms with Gasteiger partial charge in [0.05, 0.1) is 12.6 Å². The lowest BCUT2D eigenvalue weighted by Gasteiger charge is -2.32. The Morgan fingerprint density at radius 2 is 2.14 bits per heavy atom. The van der Waals surface area contributed by atoms with Crippen LogP contribution in [0.25, 0.3) is 0 Å². The highest BCUT2D eigenvalue weighted by Gasteiger charge is 2.26. The molecule has 0 bridgehead atoms. The van der Waals surface area contributed by atoms with Gasteiger partial charge in [-0.2, -0.15) is 5.10 Å². The summed E-state index contributed by atoms with van der Waals surface area (Å²) >= 11 is 0. The van der Waals surface area contributed by atoms with E-state index in [9.17, 15) is 0 Å². The molecule has 0 aliphatic heterocycles. The van der Waals surface area contributed by atoms with Crippen LogP contribution in [0.15, 0.2) is 18.5 Å². The zero-order chi connectivity index (χ0) is 14.7. The van der Waals surface area contributed by atoms with Crippen molar-refractivity contribution in [3.63, 3.8) is 0 Å². The molecule has 0 unspecified atom stereocenters. The largest absolute Gasteiger partial charge is 0.314 e. The monoisotopic (exact) mass is 288 g/mol. The molecule has 2 aromatic rings. The number of nitrogens with zero attached hydrogens (tertiary/aromatic N) is 5. The quantitative estimate of drug-likeness (QED) is 0.915. The van der Waals surface area contributed by atoms with Crippen LogP contribution in [0, 0.1) is 6.92 Å². The summed E-state index contributed by atoms with van der Waals surface area (Å²) < 4.78 is 4.27. The van der Waals surface area contributed by atoms with Crippen LogP contribution in [0.2, 0.25) is 0 Å². The van der Waals surface area contributed by atoms with Crippen molar-refractivity contribution >= 4 is 0 Å². The Morgan fingerprint density at radius 1 is 1.29 bits per heavy atom. The highest BCUT2D eigenvalue weighted by molar-refractivity contribution is 4.95. The van der Waals surface area contributed by atoms with Crippen LogP contribution in [0.1, 0.15) is 50.3 Å². The van der Waals surface area contributed by atoms with Crippen molar-refractivity contribution in [2.24, 2.45) is 0 Å². The van der Waals surface area contributed by atoms with Crippen LogP contribution in [0.5, 0.6) is 0 Å². The molecule has 0 aromatic carbocycles. The summed E-state index contributed by atoms with van der Waals surface area (Å²) in [5.74, 6) is 2.02. The Hall–Kier alpha value is -1.69. The van der Waals surface area contributed by atoms with Gasteiger partial charge in [-0.25, -0.2) is 0 Å². The molecule has 1 N–H and O–H groups in total. The number of aryl methyl sites for hydroxylation is 1. The molecule has 6 nitrogen and oxygen atoms in total. The molecule has 21 heavy (non-hydrogen) atoms. The van der Waals surface area contributed by atoms with Gasteiger partial charge < -0.3 is 9.88 Å². The van der Waals surface area contributed by atoms with E-state index < -0.39 is 0 Å². The first-order valence-electron chi connectivity index (χ1n) is 7.90. The molecule has 1 fully saturated rings. The second-order valence-corrected chi connectivity index (χ2v) is 5.73.